The van der Waals surface area contributed by atoms with Crippen LogP contribution in [-0.4, -0.2) is 60.6 Å². The van der Waals surface area contributed by atoms with Crippen LogP contribution in [0.2, 0.25) is 0 Å². The van der Waals surface area contributed by atoms with E-state index in [0.29, 0.717) is 24.9 Å². The number of carbonyl (C=O) groups is 4. The van der Waals surface area contributed by atoms with E-state index in [1.54, 1.807) is 20.8 Å². The molecule has 2 atom stereocenters. The van der Waals surface area contributed by atoms with Crippen molar-refractivity contribution < 1.29 is 28.7 Å². The Morgan fingerprint density at radius 3 is 2.14 bits per heavy atom. The number of unbranched alkanes of at least 4 members (excludes halogenated alkanes) is 1. The van der Waals surface area contributed by atoms with Gasteiger partial charge in [-0.2, -0.15) is 0 Å². The minimum absolute atomic E-state index is 0.0901. The molecule has 1 rings (SSSR count). The molecule has 0 radical (unpaired) electrons. The molecule has 0 heterocycles. The SMILES string of the molecule is CCCCN(C(=O)C(CC(C)C)NC(=O)OC(C)(C)C)C(C(=O)NCC(=O)OC)c1ccc(CC)cc1. The van der Waals surface area contributed by atoms with Gasteiger partial charge in [0.25, 0.3) is 0 Å². The van der Waals surface area contributed by atoms with Crippen LogP contribution < -0.4 is 10.6 Å². The molecular formula is C28H45N3O6. The molecule has 0 aliphatic heterocycles. The van der Waals surface area contributed by atoms with Gasteiger partial charge in [0.05, 0.1) is 7.11 Å². The molecular weight excluding hydrogens is 474 g/mol. The lowest BCUT2D eigenvalue weighted by atomic mass is 9.98. The van der Waals surface area contributed by atoms with Crippen molar-refractivity contribution in [1.82, 2.24) is 15.5 Å². The van der Waals surface area contributed by atoms with Gasteiger partial charge < -0.3 is 25.0 Å². The summed E-state index contributed by atoms with van der Waals surface area (Å²) in [5.74, 6) is -1.39. The molecule has 0 aliphatic carbocycles. The first kappa shape index (κ1) is 31.9. The van der Waals surface area contributed by atoms with E-state index in [4.69, 9.17) is 4.74 Å². The molecule has 9 heteroatoms. The summed E-state index contributed by atoms with van der Waals surface area (Å²) in [7, 11) is 1.24. The fourth-order valence-corrected chi connectivity index (χ4v) is 3.77. The van der Waals surface area contributed by atoms with Crippen LogP contribution in [0.3, 0.4) is 0 Å². The Hall–Kier alpha value is -3.10. The molecule has 208 valence electrons. The number of benzene rings is 1. The highest BCUT2D eigenvalue weighted by Crippen LogP contribution is 2.25. The first-order valence-corrected chi connectivity index (χ1v) is 13.1. The molecule has 0 aromatic heterocycles. The van der Waals surface area contributed by atoms with Crippen molar-refractivity contribution >= 4 is 23.9 Å². The zero-order chi connectivity index (χ0) is 28.2. The van der Waals surface area contributed by atoms with Crippen LogP contribution in [0.15, 0.2) is 24.3 Å². The van der Waals surface area contributed by atoms with E-state index in [0.717, 1.165) is 18.4 Å². The van der Waals surface area contributed by atoms with Gasteiger partial charge in [0.1, 0.15) is 24.2 Å². The first-order valence-electron chi connectivity index (χ1n) is 13.1. The number of nitrogens with zero attached hydrogens (tertiary/aromatic N) is 1. The number of hydrogen-bond acceptors (Lipinski definition) is 6. The maximum Gasteiger partial charge on any atom is 0.408 e. The molecule has 1 aromatic carbocycles. The average molecular weight is 520 g/mol. The van der Waals surface area contributed by atoms with Crippen LogP contribution in [-0.2, 0) is 30.3 Å². The van der Waals surface area contributed by atoms with E-state index in [2.05, 4.69) is 15.4 Å². The van der Waals surface area contributed by atoms with Crippen LogP contribution >= 0.6 is 0 Å². The number of alkyl carbamates (subject to hydrolysis) is 1. The maximum atomic E-state index is 14.0. The van der Waals surface area contributed by atoms with E-state index in [1.807, 2.05) is 52.0 Å². The van der Waals surface area contributed by atoms with E-state index >= 15 is 0 Å². The smallest absolute Gasteiger partial charge is 0.408 e. The van der Waals surface area contributed by atoms with Crippen molar-refractivity contribution in [2.75, 3.05) is 20.2 Å². The number of rotatable bonds is 13. The standard InChI is InChI=1S/C28H45N3O6/c1-9-11-16-31(26(34)22(17-19(3)4)30-27(35)37-28(5,6)7)24(25(33)29-18-23(32)36-8)21-14-12-20(10-2)13-15-21/h12-15,19,22,24H,9-11,16-18H2,1-8H3,(H,29,33)(H,30,35). The summed E-state index contributed by atoms with van der Waals surface area (Å²) < 4.78 is 10.1. The van der Waals surface area contributed by atoms with Gasteiger partial charge in [-0.25, -0.2) is 4.79 Å². The Morgan fingerprint density at radius 2 is 1.65 bits per heavy atom. The lowest BCUT2D eigenvalue weighted by Crippen LogP contribution is -2.54. The largest absolute Gasteiger partial charge is 0.468 e. The number of nitrogens with one attached hydrogen (secondary N) is 2. The molecule has 0 bridgehead atoms. The second-order valence-electron chi connectivity index (χ2n) is 10.5. The molecule has 0 fully saturated rings. The van der Waals surface area contributed by atoms with Crippen LogP contribution in [0.5, 0.6) is 0 Å². The Balaban J connectivity index is 3.46. The van der Waals surface area contributed by atoms with Crippen LogP contribution in [0.25, 0.3) is 0 Å². The molecule has 0 spiro atoms. The summed E-state index contributed by atoms with van der Waals surface area (Å²) >= 11 is 0. The Labute approximate surface area is 221 Å². The maximum absolute atomic E-state index is 14.0. The highest BCUT2D eigenvalue weighted by molar-refractivity contribution is 5.93. The van der Waals surface area contributed by atoms with Gasteiger partial charge in [0.15, 0.2) is 0 Å². The predicted octanol–water partition coefficient (Wildman–Crippen LogP) is 4.15. The van der Waals surface area contributed by atoms with Gasteiger partial charge in [0.2, 0.25) is 11.8 Å². The van der Waals surface area contributed by atoms with Crippen molar-refractivity contribution in [3.63, 3.8) is 0 Å². The van der Waals surface area contributed by atoms with Gasteiger partial charge in [-0.15, -0.1) is 0 Å². The number of ether oxygens (including phenoxy) is 2. The van der Waals surface area contributed by atoms with Crippen molar-refractivity contribution in [3.05, 3.63) is 35.4 Å². The Morgan fingerprint density at radius 1 is 1.03 bits per heavy atom. The van der Waals surface area contributed by atoms with Crippen LogP contribution in [0.1, 0.15) is 84.9 Å². The number of carbonyl (C=O) groups excluding carboxylic acids is 4. The van der Waals surface area contributed by atoms with Crippen molar-refractivity contribution in [2.24, 2.45) is 5.92 Å². The Kier molecular flexibility index (Phi) is 13.1. The number of esters is 1. The number of aryl methyl sites for hydroxylation is 1. The topological polar surface area (TPSA) is 114 Å². The first-order chi connectivity index (χ1) is 17.3. The summed E-state index contributed by atoms with van der Waals surface area (Å²) in [5.41, 5.74) is 0.979. The molecule has 3 amide bonds. The number of hydrogen-bond donors (Lipinski definition) is 2. The van der Waals surface area contributed by atoms with Crippen LogP contribution in [0.4, 0.5) is 4.79 Å². The summed E-state index contributed by atoms with van der Waals surface area (Å²) in [4.78, 5) is 53.3. The number of amides is 3. The summed E-state index contributed by atoms with van der Waals surface area (Å²) in [6.45, 7) is 13.2. The third kappa shape index (κ3) is 11.2. The molecule has 1 aromatic rings. The summed E-state index contributed by atoms with van der Waals surface area (Å²) in [5, 5.41) is 5.33. The monoisotopic (exact) mass is 519 g/mol. The fourth-order valence-electron chi connectivity index (χ4n) is 3.77. The van der Waals surface area contributed by atoms with E-state index < -0.39 is 35.7 Å². The zero-order valence-corrected chi connectivity index (χ0v) is 23.7. The summed E-state index contributed by atoms with van der Waals surface area (Å²) in [6.07, 6.45) is 1.95. The molecule has 2 unspecified atom stereocenters. The van der Waals surface area contributed by atoms with Crippen molar-refractivity contribution in [3.8, 4) is 0 Å². The molecule has 2 N–H and O–H groups in total. The molecule has 0 saturated carbocycles. The lowest BCUT2D eigenvalue weighted by Gasteiger charge is -2.35. The second kappa shape index (κ2) is 15.2. The molecule has 0 saturated heterocycles. The third-order valence-corrected chi connectivity index (χ3v) is 5.63. The van der Waals surface area contributed by atoms with Crippen molar-refractivity contribution in [1.29, 1.82) is 0 Å². The van der Waals surface area contributed by atoms with Gasteiger partial charge >= 0.3 is 12.1 Å². The minimum atomic E-state index is -0.996. The minimum Gasteiger partial charge on any atom is -0.468 e. The van der Waals surface area contributed by atoms with E-state index in [1.165, 1.54) is 12.0 Å². The molecule has 9 nitrogen and oxygen atoms in total. The van der Waals surface area contributed by atoms with Gasteiger partial charge in [-0.1, -0.05) is 58.4 Å². The highest BCUT2D eigenvalue weighted by Gasteiger charge is 2.36. The van der Waals surface area contributed by atoms with E-state index in [-0.39, 0.29) is 18.4 Å². The molecule has 0 aliphatic rings. The third-order valence-electron chi connectivity index (χ3n) is 5.63. The predicted molar refractivity (Wildman–Crippen MR) is 143 cm³/mol. The quantitative estimate of drug-likeness (QED) is 0.379. The fraction of sp³-hybridized carbons (Fsp3) is 0.643. The normalized spacial score (nSPS) is 12.9. The summed E-state index contributed by atoms with van der Waals surface area (Å²) in [6, 6.07) is 5.60. The highest BCUT2D eigenvalue weighted by atomic mass is 16.6. The average Bonchev–Trinajstić information content (AvgIpc) is 2.82. The molecule has 37 heavy (non-hydrogen) atoms. The van der Waals surface area contributed by atoms with Crippen LogP contribution in [0, 0.1) is 5.92 Å². The van der Waals surface area contributed by atoms with Gasteiger partial charge in [-0.3, -0.25) is 14.4 Å². The number of methoxy groups -OCH3 is 1. The van der Waals surface area contributed by atoms with Crippen molar-refractivity contribution in [2.45, 2.75) is 91.8 Å². The second-order valence-corrected chi connectivity index (χ2v) is 10.5. The van der Waals surface area contributed by atoms with Gasteiger partial charge in [-0.05, 0) is 57.1 Å². The van der Waals surface area contributed by atoms with Gasteiger partial charge in [0, 0.05) is 6.54 Å². The zero-order valence-electron chi connectivity index (χ0n) is 23.7. The lowest BCUT2D eigenvalue weighted by molar-refractivity contribution is -0.145. The van der Waals surface area contributed by atoms with E-state index in [9.17, 15) is 19.2 Å². The Bertz CT molecular complexity index is 892.